The molecule has 0 aromatic heterocycles. The van der Waals surface area contributed by atoms with Gasteiger partial charge in [-0.05, 0) is 70.5 Å². The summed E-state index contributed by atoms with van der Waals surface area (Å²) in [5.41, 5.74) is 4.16. The van der Waals surface area contributed by atoms with Crippen molar-refractivity contribution in [3.8, 4) is 5.75 Å². The molecule has 2 N–H and O–H groups in total. The first-order valence-corrected chi connectivity index (χ1v) is 8.89. The Balaban J connectivity index is 1.58. The van der Waals surface area contributed by atoms with Crippen molar-refractivity contribution in [2.45, 2.75) is 0 Å². The minimum atomic E-state index is -0.569. The molecule has 0 aliphatic carbocycles. The fraction of sp³-hybridized carbons (Fsp3) is 0. The van der Waals surface area contributed by atoms with Crippen LogP contribution in [-0.2, 0) is 4.84 Å². The molecule has 0 saturated carbocycles. The minimum Gasteiger partial charge on any atom is -0.508 e. The molecule has 3 aromatic carbocycles. The monoisotopic (exact) mass is 439 g/mol. The number of hydrogen-bond acceptors (Lipinski definition) is 6. The molecule has 0 atom stereocenters. The van der Waals surface area contributed by atoms with Gasteiger partial charge < -0.3 is 9.94 Å². The van der Waals surface area contributed by atoms with Gasteiger partial charge in [0, 0.05) is 10.0 Å². The van der Waals surface area contributed by atoms with Crippen molar-refractivity contribution >= 4 is 39.2 Å². The van der Waals surface area contributed by atoms with Crippen molar-refractivity contribution in [2.24, 2.45) is 10.2 Å². The Morgan fingerprint density at radius 1 is 0.964 bits per heavy atom. The van der Waals surface area contributed by atoms with Crippen LogP contribution in [0.25, 0.3) is 0 Å². The maximum atomic E-state index is 12.0. The number of carbonyl (C=O) groups is 2. The molecular formula is C20H14BrN3O4. The number of nitrogens with zero attached hydrogens (tertiary/aromatic N) is 2. The molecule has 7 nitrogen and oxygen atoms in total. The van der Waals surface area contributed by atoms with Gasteiger partial charge in [-0.1, -0.05) is 18.2 Å². The average molecular weight is 440 g/mol. The first-order chi connectivity index (χ1) is 13.5. The van der Waals surface area contributed by atoms with Crippen LogP contribution in [0.4, 0.5) is 11.4 Å². The first kappa shape index (κ1) is 19.2. The number of azo groups is 1. The van der Waals surface area contributed by atoms with Crippen molar-refractivity contribution in [1.29, 1.82) is 0 Å². The molecule has 0 saturated heterocycles. The highest BCUT2D eigenvalue weighted by Gasteiger charge is 2.11. The number of amides is 1. The molecule has 0 unspecified atom stereocenters. The van der Waals surface area contributed by atoms with Crippen LogP contribution in [0.2, 0.25) is 0 Å². The molecular weight excluding hydrogens is 426 g/mol. The van der Waals surface area contributed by atoms with Crippen LogP contribution >= 0.6 is 15.9 Å². The molecule has 28 heavy (non-hydrogen) atoms. The number of rotatable bonds is 5. The van der Waals surface area contributed by atoms with Gasteiger partial charge in [0.2, 0.25) is 0 Å². The van der Waals surface area contributed by atoms with E-state index in [9.17, 15) is 14.7 Å². The molecule has 8 heteroatoms. The van der Waals surface area contributed by atoms with Crippen molar-refractivity contribution in [3.05, 3.63) is 88.4 Å². The van der Waals surface area contributed by atoms with E-state index >= 15 is 0 Å². The number of aromatic hydroxyl groups is 1. The van der Waals surface area contributed by atoms with Crippen LogP contribution in [-0.4, -0.2) is 17.0 Å². The largest absolute Gasteiger partial charge is 0.508 e. The predicted octanol–water partition coefficient (Wildman–Crippen LogP) is 5.26. The molecule has 0 radical (unpaired) electrons. The van der Waals surface area contributed by atoms with E-state index < -0.39 is 11.9 Å². The SMILES string of the molecule is O=C(N=Nc1ccc(NOC(=O)c2ccccc2Br)cc1)c1cccc(O)c1. The Hall–Kier alpha value is -3.52. The second kappa shape index (κ2) is 8.92. The van der Waals surface area contributed by atoms with E-state index in [0.29, 0.717) is 21.4 Å². The summed E-state index contributed by atoms with van der Waals surface area (Å²) in [5, 5.41) is 16.9. The van der Waals surface area contributed by atoms with Crippen molar-refractivity contribution in [1.82, 2.24) is 0 Å². The molecule has 3 rings (SSSR count). The molecule has 1 amide bonds. The van der Waals surface area contributed by atoms with Gasteiger partial charge in [0.05, 0.1) is 16.9 Å². The van der Waals surface area contributed by atoms with Crippen LogP contribution in [0.3, 0.4) is 0 Å². The molecule has 0 spiro atoms. The highest BCUT2D eigenvalue weighted by molar-refractivity contribution is 9.10. The summed E-state index contributed by atoms with van der Waals surface area (Å²) in [4.78, 5) is 29.0. The fourth-order valence-corrected chi connectivity index (χ4v) is 2.63. The van der Waals surface area contributed by atoms with E-state index in [4.69, 9.17) is 4.84 Å². The number of nitrogens with one attached hydrogen (secondary N) is 1. The Kier molecular flexibility index (Phi) is 6.13. The fourth-order valence-electron chi connectivity index (χ4n) is 2.18. The van der Waals surface area contributed by atoms with E-state index in [0.717, 1.165) is 0 Å². The van der Waals surface area contributed by atoms with Crippen LogP contribution in [0.15, 0.2) is 87.5 Å². The molecule has 0 bridgehead atoms. The van der Waals surface area contributed by atoms with E-state index in [2.05, 4.69) is 31.6 Å². The molecule has 0 aliphatic heterocycles. The van der Waals surface area contributed by atoms with E-state index in [1.807, 2.05) is 0 Å². The lowest BCUT2D eigenvalue weighted by atomic mass is 10.2. The summed E-state index contributed by atoms with van der Waals surface area (Å²) in [6.45, 7) is 0. The number of phenols is 1. The second-order valence-electron chi connectivity index (χ2n) is 5.57. The normalized spacial score (nSPS) is 10.6. The standard InChI is InChI=1S/C20H14BrN3O4/c21-18-7-2-1-6-17(18)20(27)28-24-15-10-8-14(9-11-15)22-23-19(26)13-4-3-5-16(25)12-13/h1-12,24-25H. The zero-order chi connectivity index (χ0) is 19.9. The van der Waals surface area contributed by atoms with Gasteiger partial charge in [-0.15, -0.1) is 10.2 Å². The van der Waals surface area contributed by atoms with E-state index in [1.54, 1.807) is 54.6 Å². The van der Waals surface area contributed by atoms with Gasteiger partial charge in [0.25, 0.3) is 5.91 Å². The minimum absolute atomic E-state index is 0.0199. The quantitative estimate of drug-likeness (QED) is 0.416. The van der Waals surface area contributed by atoms with Gasteiger partial charge in [0.1, 0.15) is 5.75 Å². The van der Waals surface area contributed by atoms with Gasteiger partial charge in [-0.25, -0.2) is 10.3 Å². The Labute approximate surface area is 168 Å². The Morgan fingerprint density at radius 3 is 2.43 bits per heavy atom. The first-order valence-electron chi connectivity index (χ1n) is 8.10. The predicted molar refractivity (Wildman–Crippen MR) is 107 cm³/mol. The third-order valence-electron chi connectivity index (χ3n) is 3.57. The molecule has 0 aliphatic rings. The maximum absolute atomic E-state index is 12.0. The van der Waals surface area contributed by atoms with Crippen LogP contribution < -0.4 is 5.48 Å². The molecule has 140 valence electrons. The molecule has 0 fully saturated rings. The molecule has 3 aromatic rings. The van der Waals surface area contributed by atoms with Gasteiger partial charge >= 0.3 is 5.97 Å². The second-order valence-corrected chi connectivity index (χ2v) is 6.43. The summed E-state index contributed by atoms with van der Waals surface area (Å²) in [6.07, 6.45) is 0. The van der Waals surface area contributed by atoms with Crippen molar-refractivity contribution in [3.63, 3.8) is 0 Å². The number of halogens is 1. The lowest BCUT2D eigenvalue weighted by molar-refractivity contribution is 0.0595. The van der Waals surface area contributed by atoms with Crippen molar-refractivity contribution < 1.29 is 19.5 Å². The highest BCUT2D eigenvalue weighted by Crippen LogP contribution is 2.20. The van der Waals surface area contributed by atoms with E-state index in [1.165, 1.54) is 18.2 Å². The number of anilines is 1. The summed E-state index contributed by atoms with van der Waals surface area (Å²) < 4.78 is 0.633. The van der Waals surface area contributed by atoms with Crippen LogP contribution in [0.1, 0.15) is 20.7 Å². The smallest absolute Gasteiger partial charge is 0.363 e. The number of carbonyl (C=O) groups excluding carboxylic acids is 2. The average Bonchev–Trinajstić information content (AvgIpc) is 2.71. The summed E-state index contributed by atoms with van der Waals surface area (Å²) in [5.74, 6) is -1.12. The van der Waals surface area contributed by atoms with Crippen LogP contribution in [0, 0.1) is 0 Å². The maximum Gasteiger partial charge on any atom is 0.363 e. The third-order valence-corrected chi connectivity index (χ3v) is 4.26. The van der Waals surface area contributed by atoms with Gasteiger partial charge in [-0.2, -0.15) is 0 Å². The summed E-state index contributed by atoms with van der Waals surface area (Å²) >= 11 is 3.29. The number of benzene rings is 3. The summed E-state index contributed by atoms with van der Waals surface area (Å²) in [6, 6.07) is 19.2. The zero-order valence-electron chi connectivity index (χ0n) is 14.4. The van der Waals surface area contributed by atoms with Crippen molar-refractivity contribution in [2.75, 3.05) is 5.48 Å². The zero-order valence-corrected chi connectivity index (χ0v) is 16.0. The number of hydrogen-bond donors (Lipinski definition) is 2. The molecule has 0 heterocycles. The summed E-state index contributed by atoms with van der Waals surface area (Å²) in [7, 11) is 0. The Morgan fingerprint density at radius 2 is 1.71 bits per heavy atom. The van der Waals surface area contributed by atoms with Crippen LogP contribution in [0.5, 0.6) is 5.75 Å². The third kappa shape index (κ3) is 5.01. The highest BCUT2D eigenvalue weighted by atomic mass is 79.9. The van der Waals surface area contributed by atoms with Gasteiger partial charge in [-0.3, -0.25) is 4.79 Å². The number of phenolic OH excluding ortho intramolecular Hbond substituents is 1. The van der Waals surface area contributed by atoms with Gasteiger partial charge in [0.15, 0.2) is 0 Å². The lowest BCUT2D eigenvalue weighted by Gasteiger charge is -2.07. The van der Waals surface area contributed by atoms with E-state index in [-0.39, 0.29) is 11.3 Å². The Bertz CT molecular complexity index is 1040. The topological polar surface area (TPSA) is 100 Å². The lowest BCUT2D eigenvalue weighted by Crippen LogP contribution is -2.11.